The van der Waals surface area contributed by atoms with Crippen molar-refractivity contribution in [3.05, 3.63) is 12.7 Å². The molecule has 3 rings (SSSR count). The van der Waals surface area contributed by atoms with Crippen molar-refractivity contribution in [2.45, 2.75) is 24.5 Å². The summed E-state index contributed by atoms with van der Waals surface area (Å²) in [5.74, 6) is 0.180. The van der Waals surface area contributed by atoms with Crippen molar-refractivity contribution in [2.24, 2.45) is 0 Å². The predicted octanol–water partition coefficient (Wildman–Crippen LogP) is -1.98. The SMILES string of the molecule is [2H]C(O)[C@H]1O[C@@H](n2cnc3c(N)ncnc32)[C@H](O)[C@@H]1O. The van der Waals surface area contributed by atoms with E-state index in [1.54, 1.807) is 0 Å². The van der Waals surface area contributed by atoms with E-state index in [4.69, 9.17) is 11.8 Å². The van der Waals surface area contributed by atoms with E-state index >= 15 is 0 Å². The largest absolute Gasteiger partial charge is 0.394 e. The van der Waals surface area contributed by atoms with Gasteiger partial charge in [0.25, 0.3) is 0 Å². The summed E-state index contributed by atoms with van der Waals surface area (Å²) in [6.07, 6.45) is -2.36. The van der Waals surface area contributed by atoms with Crippen molar-refractivity contribution in [2.75, 3.05) is 12.3 Å². The van der Waals surface area contributed by atoms with Crippen molar-refractivity contribution < 1.29 is 21.4 Å². The lowest BCUT2D eigenvalue weighted by Gasteiger charge is -2.16. The quantitative estimate of drug-likeness (QED) is 0.491. The second kappa shape index (κ2) is 4.38. The van der Waals surface area contributed by atoms with Gasteiger partial charge in [-0.2, -0.15) is 0 Å². The molecule has 0 spiro atoms. The Bertz CT molecular complexity index is 635. The lowest BCUT2D eigenvalue weighted by molar-refractivity contribution is -0.0511. The smallest absolute Gasteiger partial charge is 0.167 e. The highest BCUT2D eigenvalue weighted by molar-refractivity contribution is 5.81. The summed E-state index contributed by atoms with van der Waals surface area (Å²) in [6, 6.07) is 0. The van der Waals surface area contributed by atoms with Crippen LogP contribution in [0.25, 0.3) is 11.2 Å². The number of aliphatic hydroxyl groups excluding tert-OH is 3. The number of aromatic nitrogens is 4. The molecule has 9 nitrogen and oxygen atoms in total. The molecule has 1 aliphatic rings. The number of ether oxygens (including phenoxy) is 1. The molecule has 0 saturated carbocycles. The van der Waals surface area contributed by atoms with Crippen molar-refractivity contribution >= 4 is 17.0 Å². The first-order valence-electron chi connectivity index (χ1n) is 6.13. The Morgan fingerprint density at radius 1 is 1.37 bits per heavy atom. The van der Waals surface area contributed by atoms with Crippen LogP contribution in [0.4, 0.5) is 5.82 Å². The third-order valence-electron chi connectivity index (χ3n) is 3.08. The second-order valence-corrected chi connectivity index (χ2v) is 4.20. The van der Waals surface area contributed by atoms with Gasteiger partial charge in [-0.1, -0.05) is 0 Å². The number of nitrogens with two attached hydrogens (primary N) is 1. The van der Waals surface area contributed by atoms with Crippen LogP contribution in [0.1, 0.15) is 7.60 Å². The number of hydrogen-bond acceptors (Lipinski definition) is 8. The fourth-order valence-electron chi connectivity index (χ4n) is 2.09. The van der Waals surface area contributed by atoms with E-state index in [2.05, 4.69) is 15.0 Å². The van der Waals surface area contributed by atoms with Gasteiger partial charge in [-0.15, -0.1) is 0 Å². The van der Waals surface area contributed by atoms with E-state index in [9.17, 15) is 15.3 Å². The molecule has 5 N–H and O–H groups in total. The van der Waals surface area contributed by atoms with Gasteiger partial charge in [0.1, 0.15) is 30.2 Å². The minimum atomic E-state index is -1.67. The molecule has 0 bridgehead atoms. The third kappa shape index (κ3) is 1.75. The van der Waals surface area contributed by atoms with Crippen molar-refractivity contribution in [3.63, 3.8) is 0 Å². The van der Waals surface area contributed by atoms with E-state index in [1.165, 1.54) is 17.2 Å². The number of hydrogen-bond donors (Lipinski definition) is 4. The fraction of sp³-hybridized carbons (Fsp3) is 0.500. The van der Waals surface area contributed by atoms with Crippen LogP contribution in [0.2, 0.25) is 0 Å². The third-order valence-corrected chi connectivity index (χ3v) is 3.08. The number of anilines is 1. The van der Waals surface area contributed by atoms with E-state index in [-0.39, 0.29) is 5.82 Å². The molecule has 1 fully saturated rings. The first kappa shape index (κ1) is 11.1. The number of fused-ring (bicyclic) bond motifs is 1. The molecule has 0 radical (unpaired) electrons. The minimum Gasteiger partial charge on any atom is -0.394 e. The second-order valence-electron chi connectivity index (χ2n) is 4.20. The molecule has 9 heteroatoms. The molecule has 102 valence electrons. The van der Waals surface area contributed by atoms with Crippen LogP contribution in [0.3, 0.4) is 0 Å². The Labute approximate surface area is 108 Å². The topological polar surface area (TPSA) is 140 Å². The number of imidazole rings is 1. The molecule has 19 heavy (non-hydrogen) atoms. The maximum atomic E-state index is 9.98. The summed E-state index contributed by atoms with van der Waals surface area (Å²) in [4.78, 5) is 11.8. The standard InChI is InChI=1S/C10H13N5O4/c11-8-5-9(13-2-12-8)15(3-14-5)10-7(18)6(17)4(1-16)19-10/h2-4,6-7,10,16-18H,1H2,(H2,11,12,13)/t4-,6-,7-,10-/m1/s1/i1D/t1?,4-,6-,7-,10-. The predicted molar refractivity (Wildman–Crippen MR) is 62.7 cm³/mol. The average Bonchev–Trinajstić information content (AvgIpc) is 2.94. The summed E-state index contributed by atoms with van der Waals surface area (Å²) in [6.45, 7) is -1.67. The van der Waals surface area contributed by atoms with Crippen molar-refractivity contribution in [1.29, 1.82) is 0 Å². The Morgan fingerprint density at radius 2 is 2.16 bits per heavy atom. The molecule has 0 amide bonds. The zero-order chi connectivity index (χ0) is 14.4. The summed E-state index contributed by atoms with van der Waals surface area (Å²) in [7, 11) is 0. The van der Waals surface area contributed by atoms with Crippen molar-refractivity contribution in [1.82, 2.24) is 19.5 Å². The first-order valence-corrected chi connectivity index (χ1v) is 5.55. The van der Waals surface area contributed by atoms with E-state index in [0.717, 1.165) is 0 Å². The van der Waals surface area contributed by atoms with Crippen LogP contribution in [-0.4, -0.2) is 59.7 Å². The molecule has 1 unspecified atom stereocenters. The average molecular weight is 268 g/mol. The normalized spacial score (nSPS) is 33.5. The van der Waals surface area contributed by atoms with Gasteiger partial charge in [-0.25, -0.2) is 15.0 Å². The number of rotatable bonds is 2. The summed E-state index contributed by atoms with van der Waals surface area (Å²) >= 11 is 0. The monoisotopic (exact) mass is 268 g/mol. The van der Waals surface area contributed by atoms with Crippen LogP contribution in [0.15, 0.2) is 12.7 Å². The van der Waals surface area contributed by atoms with Crippen LogP contribution < -0.4 is 5.73 Å². The summed E-state index contributed by atoms with van der Waals surface area (Å²) in [5.41, 5.74) is 6.32. The molecular weight excluding hydrogens is 254 g/mol. The Hall–Kier alpha value is -1.81. The zero-order valence-electron chi connectivity index (χ0n) is 10.7. The van der Waals surface area contributed by atoms with Crippen LogP contribution >= 0.6 is 0 Å². The van der Waals surface area contributed by atoms with Crippen LogP contribution in [0.5, 0.6) is 0 Å². The van der Waals surface area contributed by atoms with E-state index in [1.807, 2.05) is 0 Å². The lowest BCUT2D eigenvalue weighted by Crippen LogP contribution is -2.33. The van der Waals surface area contributed by atoms with Gasteiger partial charge in [-0.3, -0.25) is 4.57 Å². The molecule has 3 heterocycles. The van der Waals surface area contributed by atoms with Crippen LogP contribution in [-0.2, 0) is 4.74 Å². The molecule has 2 aromatic rings. The molecule has 1 aliphatic heterocycles. The Kier molecular flexibility index (Phi) is 2.55. The van der Waals surface area contributed by atoms with Gasteiger partial charge in [0, 0.05) is 0 Å². The molecular formula is C10H13N5O4. The van der Waals surface area contributed by atoms with E-state index in [0.29, 0.717) is 11.2 Å². The maximum absolute atomic E-state index is 9.98. The lowest BCUT2D eigenvalue weighted by atomic mass is 10.1. The van der Waals surface area contributed by atoms with Gasteiger partial charge in [-0.05, 0) is 0 Å². The minimum absolute atomic E-state index is 0.180. The highest BCUT2D eigenvalue weighted by Gasteiger charge is 2.43. The zero-order valence-corrected chi connectivity index (χ0v) is 9.66. The van der Waals surface area contributed by atoms with Crippen LogP contribution in [0, 0.1) is 0 Å². The Balaban J connectivity index is 2.02. The van der Waals surface area contributed by atoms with Gasteiger partial charge < -0.3 is 25.8 Å². The molecule has 0 aliphatic carbocycles. The molecule has 5 atom stereocenters. The van der Waals surface area contributed by atoms with Gasteiger partial charge in [0.2, 0.25) is 0 Å². The van der Waals surface area contributed by atoms with Gasteiger partial charge in [0.15, 0.2) is 17.7 Å². The van der Waals surface area contributed by atoms with Gasteiger partial charge in [0.05, 0.1) is 14.3 Å². The van der Waals surface area contributed by atoms with E-state index < -0.39 is 31.1 Å². The van der Waals surface area contributed by atoms with Gasteiger partial charge >= 0.3 is 0 Å². The molecule has 2 aromatic heterocycles. The Morgan fingerprint density at radius 3 is 2.84 bits per heavy atom. The highest BCUT2D eigenvalue weighted by atomic mass is 16.6. The number of nitrogen functional groups attached to an aromatic ring is 1. The maximum Gasteiger partial charge on any atom is 0.167 e. The fourth-order valence-corrected chi connectivity index (χ4v) is 2.09. The summed E-state index contributed by atoms with van der Waals surface area (Å²) < 4.78 is 13.9. The first-order chi connectivity index (χ1) is 9.50. The van der Waals surface area contributed by atoms with Crippen molar-refractivity contribution in [3.8, 4) is 0 Å². The number of nitrogens with zero attached hydrogens (tertiary/aromatic N) is 4. The number of aliphatic hydroxyl groups is 3. The molecule has 0 aromatic carbocycles. The summed E-state index contributed by atoms with van der Waals surface area (Å²) in [5, 5.41) is 29.0. The highest BCUT2D eigenvalue weighted by Crippen LogP contribution is 2.31. The molecule has 1 saturated heterocycles.